The highest BCUT2D eigenvalue weighted by Gasteiger charge is 2.22. The number of aliphatic carboxylic acids is 1. The van der Waals surface area contributed by atoms with Crippen LogP contribution in [0.3, 0.4) is 0 Å². The lowest BCUT2D eigenvalue weighted by Crippen LogP contribution is -2.44. The molecule has 1 rings (SSSR count). The van der Waals surface area contributed by atoms with Crippen molar-refractivity contribution in [2.75, 3.05) is 0 Å². The summed E-state index contributed by atoms with van der Waals surface area (Å²) in [6.45, 7) is 3.42. The highest BCUT2D eigenvalue weighted by molar-refractivity contribution is 5.78. The lowest BCUT2D eigenvalue weighted by atomic mass is 10.2. The van der Waals surface area contributed by atoms with Crippen molar-refractivity contribution in [1.29, 1.82) is 0 Å². The predicted molar refractivity (Wildman–Crippen MR) is 67.4 cm³/mol. The molecule has 6 heteroatoms. The Kier molecular flexibility index (Phi) is 5.81. The van der Waals surface area contributed by atoms with Crippen molar-refractivity contribution in [3.8, 4) is 0 Å². The van der Waals surface area contributed by atoms with Crippen molar-refractivity contribution in [2.45, 2.75) is 32.8 Å². The summed E-state index contributed by atoms with van der Waals surface area (Å²) >= 11 is 0. The van der Waals surface area contributed by atoms with Gasteiger partial charge in [0.2, 0.25) is 6.23 Å². The Hall–Kier alpha value is -2.08. The fraction of sp³-hybridized carbons (Fsp3) is 0.385. The molecule has 1 aromatic carbocycles. The monoisotopic (exact) mass is 267 g/mol. The number of amides is 1. The molecule has 0 heterocycles. The molecule has 2 N–H and O–H groups in total. The van der Waals surface area contributed by atoms with Crippen LogP contribution in [0.5, 0.6) is 0 Å². The molecule has 0 aliphatic carbocycles. The average Bonchev–Trinajstić information content (AvgIpc) is 2.36. The third-order valence-corrected chi connectivity index (χ3v) is 2.09. The third-order valence-electron chi connectivity index (χ3n) is 2.09. The first-order valence-corrected chi connectivity index (χ1v) is 5.84. The summed E-state index contributed by atoms with van der Waals surface area (Å²) in [5.74, 6) is -1.27. The second-order valence-corrected chi connectivity index (χ2v) is 4.11. The van der Waals surface area contributed by atoms with Crippen molar-refractivity contribution in [3.63, 3.8) is 0 Å². The minimum absolute atomic E-state index is 0.0701. The molecular formula is C13H17NO5. The second-order valence-electron chi connectivity index (χ2n) is 4.11. The van der Waals surface area contributed by atoms with E-state index in [1.54, 1.807) is 26.0 Å². The van der Waals surface area contributed by atoms with Gasteiger partial charge in [-0.05, 0) is 19.4 Å². The van der Waals surface area contributed by atoms with Crippen LogP contribution in [0.2, 0.25) is 0 Å². The number of nitrogens with one attached hydrogen (secondary N) is 1. The van der Waals surface area contributed by atoms with Crippen LogP contribution in [-0.4, -0.2) is 29.5 Å². The number of carboxylic acids is 1. The number of carboxylic acid groups (broad SMARTS) is 1. The molecule has 0 aliphatic heterocycles. The molecule has 19 heavy (non-hydrogen) atoms. The lowest BCUT2D eigenvalue weighted by Gasteiger charge is -2.17. The van der Waals surface area contributed by atoms with E-state index in [0.717, 1.165) is 5.56 Å². The smallest absolute Gasteiger partial charge is 0.409 e. The van der Waals surface area contributed by atoms with Gasteiger partial charge in [0.25, 0.3) is 0 Å². The van der Waals surface area contributed by atoms with Crippen molar-refractivity contribution in [2.24, 2.45) is 0 Å². The van der Waals surface area contributed by atoms with Gasteiger partial charge in [-0.3, -0.25) is 5.32 Å². The quantitative estimate of drug-likeness (QED) is 0.767. The van der Waals surface area contributed by atoms with Crippen molar-refractivity contribution >= 4 is 12.1 Å². The Morgan fingerprint density at radius 2 is 1.89 bits per heavy atom. The maximum absolute atomic E-state index is 11.4. The zero-order valence-electron chi connectivity index (χ0n) is 10.8. The van der Waals surface area contributed by atoms with E-state index in [9.17, 15) is 9.59 Å². The van der Waals surface area contributed by atoms with Crippen LogP contribution in [0.15, 0.2) is 30.3 Å². The van der Waals surface area contributed by atoms with E-state index in [1.165, 1.54) is 0 Å². The third kappa shape index (κ3) is 5.87. The molecule has 0 fully saturated rings. The van der Waals surface area contributed by atoms with Crippen LogP contribution < -0.4 is 5.32 Å². The summed E-state index contributed by atoms with van der Waals surface area (Å²) in [7, 11) is 0. The van der Waals surface area contributed by atoms with E-state index in [-0.39, 0.29) is 12.7 Å². The van der Waals surface area contributed by atoms with Crippen LogP contribution >= 0.6 is 0 Å². The van der Waals surface area contributed by atoms with E-state index < -0.39 is 18.3 Å². The van der Waals surface area contributed by atoms with Gasteiger partial charge in [-0.15, -0.1) is 0 Å². The van der Waals surface area contributed by atoms with Gasteiger partial charge in [0.05, 0.1) is 6.10 Å². The topological polar surface area (TPSA) is 84.9 Å². The van der Waals surface area contributed by atoms with E-state index in [4.69, 9.17) is 14.6 Å². The first kappa shape index (κ1) is 15.0. The first-order valence-electron chi connectivity index (χ1n) is 5.84. The molecule has 0 radical (unpaired) electrons. The Bertz CT molecular complexity index is 418. The van der Waals surface area contributed by atoms with Gasteiger partial charge in [0, 0.05) is 0 Å². The van der Waals surface area contributed by atoms with E-state index in [1.807, 2.05) is 18.2 Å². The molecule has 0 bridgehead atoms. The highest BCUT2D eigenvalue weighted by Crippen LogP contribution is 2.01. The number of carbonyl (C=O) groups is 2. The molecule has 0 spiro atoms. The van der Waals surface area contributed by atoms with Crippen molar-refractivity contribution < 1.29 is 24.2 Å². The maximum Gasteiger partial charge on any atom is 0.409 e. The number of rotatable bonds is 6. The molecule has 1 atom stereocenters. The molecule has 0 aliphatic rings. The van der Waals surface area contributed by atoms with Crippen molar-refractivity contribution in [1.82, 2.24) is 5.32 Å². The van der Waals surface area contributed by atoms with Gasteiger partial charge in [-0.2, -0.15) is 0 Å². The lowest BCUT2D eigenvalue weighted by molar-refractivity contribution is -0.155. The van der Waals surface area contributed by atoms with Crippen LogP contribution in [0.25, 0.3) is 0 Å². The summed E-state index contributed by atoms with van der Waals surface area (Å²) in [5, 5.41) is 11.0. The Morgan fingerprint density at radius 3 is 2.42 bits per heavy atom. The summed E-state index contributed by atoms with van der Waals surface area (Å²) in [4.78, 5) is 22.3. The number of hydrogen-bond acceptors (Lipinski definition) is 4. The Balaban J connectivity index is 2.42. The van der Waals surface area contributed by atoms with Gasteiger partial charge >= 0.3 is 12.1 Å². The highest BCUT2D eigenvalue weighted by atomic mass is 16.6. The Labute approximate surface area is 111 Å². The molecule has 104 valence electrons. The summed E-state index contributed by atoms with van der Waals surface area (Å²) < 4.78 is 9.92. The summed E-state index contributed by atoms with van der Waals surface area (Å²) in [6, 6.07) is 9.08. The fourth-order valence-electron chi connectivity index (χ4n) is 1.30. The number of carbonyl (C=O) groups excluding carboxylic acids is 1. The largest absolute Gasteiger partial charge is 0.478 e. The summed E-state index contributed by atoms with van der Waals surface area (Å²) in [6.07, 6.45) is -2.57. The molecular weight excluding hydrogens is 250 g/mol. The number of alkyl carbamates (subject to hydrolysis) is 1. The molecule has 0 aromatic heterocycles. The minimum atomic E-state index is -1.41. The second kappa shape index (κ2) is 7.38. The van der Waals surface area contributed by atoms with Crippen LogP contribution in [0.4, 0.5) is 4.79 Å². The predicted octanol–water partition coefficient (Wildman–Crippen LogP) is 1.75. The van der Waals surface area contributed by atoms with Gasteiger partial charge in [-0.25, -0.2) is 9.59 Å². The standard InChI is InChI=1S/C13H17NO5/c1-9(2)19-11(12(15)16)14-13(17)18-8-10-6-4-3-5-7-10/h3-7,9,11H,8H2,1-2H3,(H,14,17)(H,15,16). The molecule has 6 nitrogen and oxygen atoms in total. The van der Waals surface area contributed by atoms with Gasteiger partial charge < -0.3 is 14.6 Å². The van der Waals surface area contributed by atoms with E-state index >= 15 is 0 Å². The van der Waals surface area contributed by atoms with Crippen LogP contribution in [0, 0.1) is 0 Å². The number of benzene rings is 1. The molecule has 0 saturated carbocycles. The zero-order valence-corrected chi connectivity index (χ0v) is 10.8. The Morgan fingerprint density at radius 1 is 1.26 bits per heavy atom. The summed E-state index contributed by atoms with van der Waals surface area (Å²) in [5.41, 5.74) is 0.814. The fourth-order valence-corrected chi connectivity index (χ4v) is 1.30. The van der Waals surface area contributed by atoms with Gasteiger partial charge in [0.1, 0.15) is 6.61 Å². The van der Waals surface area contributed by atoms with E-state index in [2.05, 4.69) is 5.32 Å². The maximum atomic E-state index is 11.4. The van der Waals surface area contributed by atoms with E-state index in [0.29, 0.717) is 0 Å². The molecule has 1 amide bonds. The first-order chi connectivity index (χ1) is 8.99. The molecule has 1 aromatic rings. The SMILES string of the molecule is CC(C)OC(NC(=O)OCc1ccccc1)C(=O)O. The molecule has 1 unspecified atom stereocenters. The minimum Gasteiger partial charge on any atom is -0.478 e. The number of ether oxygens (including phenoxy) is 2. The van der Waals surface area contributed by atoms with Crippen LogP contribution in [-0.2, 0) is 20.9 Å². The normalized spacial score (nSPS) is 11.9. The van der Waals surface area contributed by atoms with Gasteiger partial charge in [-0.1, -0.05) is 30.3 Å². The average molecular weight is 267 g/mol. The van der Waals surface area contributed by atoms with Gasteiger partial charge in [0.15, 0.2) is 0 Å². The zero-order chi connectivity index (χ0) is 14.3. The number of hydrogen-bond donors (Lipinski definition) is 2. The molecule has 0 saturated heterocycles. The van der Waals surface area contributed by atoms with Crippen LogP contribution in [0.1, 0.15) is 19.4 Å². The van der Waals surface area contributed by atoms with Crippen molar-refractivity contribution in [3.05, 3.63) is 35.9 Å².